The van der Waals surface area contributed by atoms with Gasteiger partial charge in [0.15, 0.2) is 11.6 Å². The van der Waals surface area contributed by atoms with Crippen LogP contribution in [0.1, 0.15) is 35.7 Å². The van der Waals surface area contributed by atoms with Crippen LogP contribution in [0.5, 0.6) is 0 Å². The van der Waals surface area contributed by atoms with E-state index in [1.165, 1.54) is 7.11 Å². The number of hydrogen-bond donors (Lipinski definition) is 0. The van der Waals surface area contributed by atoms with Crippen molar-refractivity contribution in [2.45, 2.75) is 25.2 Å². The van der Waals surface area contributed by atoms with Gasteiger partial charge < -0.3 is 4.74 Å². The normalized spacial score (nSPS) is 30.2. The van der Waals surface area contributed by atoms with Crippen molar-refractivity contribution in [3.8, 4) is 0 Å². The Hall–Kier alpha value is -3.12. The Morgan fingerprint density at radius 3 is 2.66 bits per heavy atom. The van der Waals surface area contributed by atoms with E-state index in [9.17, 15) is 14.4 Å². The van der Waals surface area contributed by atoms with E-state index in [0.29, 0.717) is 17.8 Å². The number of rotatable bonds is 6. The molecule has 164 valence electrons. The highest BCUT2D eigenvalue weighted by atomic mass is 16.5. The number of anilines is 1. The van der Waals surface area contributed by atoms with Gasteiger partial charge in [0.1, 0.15) is 12.5 Å². The number of nitrogens with zero attached hydrogens (tertiary/aromatic N) is 2. The highest BCUT2D eigenvalue weighted by molar-refractivity contribution is 6.14. The maximum absolute atomic E-state index is 14.3. The summed E-state index contributed by atoms with van der Waals surface area (Å²) in [5.41, 5.74) is 0.162. The summed E-state index contributed by atoms with van der Waals surface area (Å²) in [6, 6.07) is 12.8. The molecule has 3 aliphatic rings. The number of methoxy groups -OCH3 is 1. The van der Waals surface area contributed by atoms with Gasteiger partial charge in [-0.1, -0.05) is 55.8 Å². The van der Waals surface area contributed by atoms with Crippen molar-refractivity contribution in [2.75, 3.05) is 18.7 Å². The summed E-state index contributed by atoms with van der Waals surface area (Å²) in [7, 11) is 1.53. The summed E-state index contributed by atoms with van der Waals surface area (Å²) >= 11 is 0. The molecule has 0 unspecified atom stereocenters. The molecular weight excluding hydrogens is 404 g/mol. The van der Waals surface area contributed by atoms with E-state index in [0.717, 1.165) is 12.0 Å². The molecule has 5 rings (SSSR count). The SMILES string of the molecule is CCC[C@@H]1[C@H]2C(=O)C=C[C@H]2[C@H](C(=O)c2ccccc2)[C@@]12C(=O)N(COC)c1ncccc12. The second kappa shape index (κ2) is 7.78. The van der Waals surface area contributed by atoms with Crippen molar-refractivity contribution in [1.29, 1.82) is 0 Å². The van der Waals surface area contributed by atoms with Crippen LogP contribution < -0.4 is 4.90 Å². The lowest BCUT2D eigenvalue weighted by Gasteiger charge is -2.36. The molecule has 1 aliphatic heterocycles. The molecule has 1 aromatic heterocycles. The summed E-state index contributed by atoms with van der Waals surface area (Å²) in [6.45, 7) is 2.10. The van der Waals surface area contributed by atoms with E-state index < -0.39 is 11.3 Å². The van der Waals surface area contributed by atoms with Crippen LogP contribution in [0.3, 0.4) is 0 Å². The van der Waals surface area contributed by atoms with Gasteiger partial charge in [-0.05, 0) is 30.4 Å². The molecule has 1 amide bonds. The maximum atomic E-state index is 14.3. The van der Waals surface area contributed by atoms with E-state index in [1.54, 1.807) is 29.3 Å². The van der Waals surface area contributed by atoms with Gasteiger partial charge in [0, 0.05) is 36.3 Å². The monoisotopic (exact) mass is 430 g/mol. The van der Waals surface area contributed by atoms with Gasteiger partial charge in [0.2, 0.25) is 5.91 Å². The molecule has 5 atom stereocenters. The average molecular weight is 431 g/mol. The molecule has 0 bridgehead atoms. The number of benzene rings is 1. The highest BCUT2D eigenvalue weighted by Crippen LogP contribution is 2.64. The fourth-order valence-corrected chi connectivity index (χ4v) is 6.39. The van der Waals surface area contributed by atoms with E-state index >= 15 is 0 Å². The zero-order chi connectivity index (χ0) is 22.5. The minimum Gasteiger partial charge on any atom is -0.364 e. The van der Waals surface area contributed by atoms with Crippen LogP contribution in [0, 0.1) is 23.7 Å². The lowest BCUT2D eigenvalue weighted by molar-refractivity contribution is -0.127. The number of carbonyl (C=O) groups is 3. The molecule has 0 saturated heterocycles. The maximum Gasteiger partial charge on any atom is 0.241 e. The van der Waals surface area contributed by atoms with Gasteiger partial charge in [-0.3, -0.25) is 19.3 Å². The Balaban J connectivity index is 1.78. The molecule has 0 N–H and O–H groups in total. The van der Waals surface area contributed by atoms with Gasteiger partial charge in [0.05, 0.1) is 5.41 Å². The molecule has 6 nitrogen and oxygen atoms in total. The minimum absolute atomic E-state index is 0.0135. The Morgan fingerprint density at radius 2 is 1.94 bits per heavy atom. The fraction of sp³-hybridized carbons (Fsp3) is 0.385. The van der Waals surface area contributed by atoms with Crippen LogP contribution in [0.4, 0.5) is 5.82 Å². The molecule has 2 aromatic rings. The fourth-order valence-electron chi connectivity index (χ4n) is 6.39. The van der Waals surface area contributed by atoms with Crippen molar-refractivity contribution < 1.29 is 19.1 Å². The third kappa shape index (κ3) is 2.62. The van der Waals surface area contributed by atoms with Crippen molar-refractivity contribution in [1.82, 2.24) is 4.98 Å². The Morgan fingerprint density at radius 1 is 1.16 bits per heavy atom. The summed E-state index contributed by atoms with van der Waals surface area (Å²) in [5, 5.41) is 0. The third-order valence-electron chi connectivity index (χ3n) is 7.41. The zero-order valence-corrected chi connectivity index (χ0v) is 18.2. The Bertz CT molecular complexity index is 1110. The van der Waals surface area contributed by atoms with Crippen molar-refractivity contribution >= 4 is 23.3 Å². The van der Waals surface area contributed by atoms with Crippen molar-refractivity contribution in [3.63, 3.8) is 0 Å². The van der Waals surface area contributed by atoms with E-state index in [2.05, 4.69) is 11.9 Å². The molecule has 2 aliphatic carbocycles. The molecule has 1 fully saturated rings. The van der Waals surface area contributed by atoms with Crippen LogP contribution in [-0.2, 0) is 19.7 Å². The molecule has 1 spiro atoms. The lowest BCUT2D eigenvalue weighted by atomic mass is 9.63. The Labute approximate surface area is 187 Å². The molecular formula is C26H26N2O4. The quantitative estimate of drug-likeness (QED) is 0.655. The summed E-state index contributed by atoms with van der Waals surface area (Å²) in [6.07, 6.45) is 6.60. The highest BCUT2D eigenvalue weighted by Gasteiger charge is 2.71. The third-order valence-corrected chi connectivity index (χ3v) is 7.41. The number of aromatic nitrogens is 1. The van der Waals surface area contributed by atoms with Crippen LogP contribution in [0.25, 0.3) is 0 Å². The summed E-state index contributed by atoms with van der Waals surface area (Å²) in [5.74, 6) is -1.39. The second-order valence-electron chi connectivity index (χ2n) is 8.86. The number of ketones is 2. The minimum atomic E-state index is -1.14. The van der Waals surface area contributed by atoms with Gasteiger partial charge in [-0.2, -0.15) is 0 Å². The standard InChI is InChI=1S/C26H26N2O4/c1-3-8-18-21-17(12-13-20(21)29)22(23(30)16-9-5-4-6-10-16)26(18)19-11-7-14-27-24(19)28(15-32-2)25(26)31/h4-7,9-14,17-18,21-22H,3,8,15H2,1-2H3/t17-,18-,21+,22-,26-/m1/s1. The van der Waals surface area contributed by atoms with E-state index in [1.807, 2.05) is 36.4 Å². The molecule has 1 aromatic carbocycles. The second-order valence-corrected chi connectivity index (χ2v) is 8.86. The van der Waals surface area contributed by atoms with Gasteiger partial charge in [0.25, 0.3) is 0 Å². The first-order valence-corrected chi connectivity index (χ1v) is 11.1. The predicted molar refractivity (Wildman–Crippen MR) is 119 cm³/mol. The van der Waals surface area contributed by atoms with Gasteiger partial charge >= 0.3 is 0 Å². The number of Topliss-reactive ketones (excluding diaryl/α,β-unsaturated/α-hetero) is 1. The number of hydrogen-bond acceptors (Lipinski definition) is 5. The predicted octanol–water partition coefficient (Wildman–Crippen LogP) is 3.57. The first-order valence-electron chi connectivity index (χ1n) is 11.1. The molecule has 0 radical (unpaired) electrons. The van der Waals surface area contributed by atoms with Crippen LogP contribution >= 0.6 is 0 Å². The molecule has 2 heterocycles. The topological polar surface area (TPSA) is 76.6 Å². The average Bonchev–Trinajstić information content (AvgIpc) is 3.41. The van der Waals surface area contributed by atoms with Crippen LogP contribution in [0.15, 0.2) is 60.8 Å². The Kier molecular flexibility index (Phi) is 5.05. The zero-order valence-electron chi connectivity index (χ0n) is 18.2. The van der Waals surface area contributed by atoms with E-state index in [-0.39, 0.29) is 42.0 Å². The number of carbonyl (C=O) groups excluding carboxylic acids is 3. The molecule has 1 saturated carbocycles. The van der Waals surface area contributed by atoms with Gasteiger partial charge in [-0.15, -0.1) is 0 Å². The smallest absolute Gasteiger partial charge is 0.241 e. The lowest BCUT2D eigenvalue weighted by Crippen LogP contribution is -2.51. The van der Waals surface area contributed by atoms with Crippen LogP contribution in [0.2, 0.25) is 0 Å². The first-order chi connectivity index (χ1) is 15.6. The van der Waals surface area contributed by atoms with Crippen LogP contribution in [-0.4, -0.2) is 36.3 Å². The number of amides is 1. The van der Waals surface area contributed by atoms with Crippen molar-refractivity contribution in [2.24, 2.45) is 23.7 Å². The summed E-state index contributed by atoms with van der Waals surface area (Å²) < 4.78 is 5.35. The number of pyridine rings is 1. The number of ether oxygens (including phenoxy) is 1. The first kappa shape index (κ1) is 20.8. The van der Waals surface area contributed by atoms with E-state index in [4.69, 9.17) is 4.74 Å². The number of fused-ring (bicyclic) bond motifs is 3. The number of allylic oxidation sites excluding steroid dienone is 2. The molecule has 32 heavy (non-hydrogen) atoms. The van der Waals surface area contributed by atoms with Gasteiger partial charge in [-0.25, -0.2) is 4.98 Å². The summed E-state index contributed by atoms with van der Waals surface area (Å²) in [4.78, 5) is 47.4. The molecule has 6 heteroatoms. The van der Waals surface area contributed by atoms with Crippen molar-refractivity contribution in [3.05, 3.63) is 71.9 Å². The largest absolute Gasteiger partial charge is 0.364 e.